The van der Waals surface area contributed by atoms with Crippen molar-refractivity contribution in [1.29, 1.82) is 0 Å². The second kappa shape index (κ2) is 7.26. The number of carbonyl (C=O) groups is 1. The summed E-state index contributed by atoms with van der Waals surface area (Å²) in [6.07, 6.45) is 0. The van der Waals surface area contributed by atoms with Crippen LogP contribution in [0.1, 0.15) is 21.5 Å². The lowest BCUT2D eigenvalue weighted by molar-refractivity contribution is 0.102. The van der Waals surface area contributed by atoms with Gasteiger partial charge in [0.15, 0.2) is 0 Å². The van der Waals surface area contributed by atoms with Crippen molar-refractivity contribution >= 4 is 11.9 Å². The molecule has 0 atom stereocenters. The van der Waals surface area contributed by atoms with Crippen LogP contribution in [-0.2, 0) is 0 Å². The summed E-state index contributed by atoms with van der Waals surface area (Å²) in [7, 11) is 3.02. The topological polar surface area (TPSA) is 86.5 Å². The lowest BCUT2D eigenvalue weighted by Gasteiger charge is -2.09. The van der Waals surface area contributed by atoms with Crippen molar-refractivity contribution in [3.05, 3.63) is 53.1 Å². The molecule has 0 aliphatic heterocycles. The monoisotopic (exact) mass is 353 g/mol. The maximum atomic E-state index is 12.6. The van der Waals surface area contributed by atoms with Crippen LogP contribution in [0.5, 0.6) is 11.5 Å². The Kier molecular flexibility index (Phi) is 4.88. The lowest BCUT2D eigenvalue weighted by atomic mass is 10.1. The van der Waals surface area contributed by atoms with Crippen LogP contribution in [0.25, 0.3) is 11.5 Å². The summed E-state index contributed by atoms with van der Waals surface area (Å²) in [5, 5.41) is 10.5. The molecule has 0 spiro atoms. The van der Waals surface area contributed by atoms with E-state index in [0.29, 0.717) is 23.0 Å². The molecule has 0 saturated carbocycles. The molecule has 1 N–H and O–H groups in total. The third-order valence-corrected chi connectivity index (χ3v) is 3.92. The van der Waals surface area contributed by atoms with Gasteiger partial charge < -0.3 is 13.9 Å². The Labute approximate surface area is 151 Å². The molecule has 1 heterocycles. The summed E-state index contributed by atoms with van der Waals surface area (Å²) in [6, 6.07) is 10.9. The van der Waals surface area contributed by atoms with Crippen LogP contribution in [-0.4, -0.2) is 30.3 Å². The maximum Gasteiger partial charge on any atom is 0.322 e. The van der Waals surface area contributed by atoms with Gasteiger partial charge in [-0.15, -0.1) is 5.10 Å². The Balaban J connectivity index is 1.85. The number of amides is 1. The van der Waals surface area contributed by atoms with Gasteiger partial charge in [-0.1, -0.05) is 22.8 Å². The number of rotatable bonds is 5. The SMILES string of the molecule is COc1ccc(OC)c(C(=O)Nc2nnc(-c3cc(C)ccc3C)o2)c1. The number of hydrogen-bond donors (Lipinski definition) is 1. The van der Waals surface area contributed by atoms with E-state index >= 15 is 0 Å². The lowest BCUT2D eigenvalue weighted by Crippen LogP contribution is -2.13. The van der Waals surface area contributed by atoms with Gasteiger partial charge in [0, 0.05) is 5.56 Å². The van der Waals surface area contributed by atoms with Crippen LogP contribution in [0.2, 0.25) is 0 Å². The molecule has 134 valence electrons. The fraction of sp³-hybridized carbons (Fsp3) is 0.211. The molecular weight excluding hydrogens is 334 g/mol. The summed E-state index contributed by atoms with van der Waals surface area (Å²) in [6.45, 7) is 3.94. The van der Waals surface area contributed by atoms with E-state index in [-0.39, 0.29) is 6.01 Å². The molecule has 0 saturated heterocycles. The number of carbonyl (C=O) groups excluding carboxylic acids is 1. The number of aryl methyl sites for hydroxylation is 2. The van der Waals surface area contributed by atoms with Gasteiger partial charge in [-0.05, 0) is 43.7 Å². The minimum Gasteiger partial charge on any atom is -0.497 e. The normalized spacial score (nSPS) is 10.5. The molecule has 1 amide bonds. The van der Waals surface area contributed by atoms with Crippen molar-refractivity contribution in [2.45, 2.75) is 13.8 Å². The van der Waals surface area contributed by atoms with E-state index < -0.39 is 5.91 Å². The summed E-state index contributed by atoms with van der Waals surface area (Å²) in [4.78, 5) is 12.6. The van der Waals surface area contributed by atoms with Crippen molar-refractivity contribution in [3.8, 4) is 23.0 Å². The van der Waals surface area contributed by atoms with E-state index in [9.17, 15) is 4.79 Å². The molecule has 0 aliphatic carbocycles. The molecule has 7 nitrogen and oxygen atoms in total. The highest BCUT2D eigenvalue weighted by molar-refractivity contribution is 6.05. The van der Waals surface area contributed by atoms with E-state index in [2.05, 4.69) is 15.5 Å². The Morgan fingerprint density at radius 3 is 2.58 bits per heavy atom. The zero-order valence-corrected chi connectivity index (χ0v) is 15.0. The number of methoxy groups -OCH3 is 2. The predicted molar refractivity (Wildman–Crippen MR) is 96.7 cm³/mol. The quantitative estimate of drug-likeness (QED) is 0.754. The van der Waals surface area contributed by atoms with E-state index in [0.717, 1.165) is 16.7 Å². The van der Waals surface area contributed by atoms with E-state index in [1.54, 1.807) is 18.2 Å². The molecule has 26 heavy (non-hydrogen) atoms. The average molecular weight is 353 g/mol. The van der Waals surface area contributed by atoms with Gasteiger partial charge in [0.1, 0.15) is 11.5 Å². The zero-order chi connectivity index (χ0) is 18.7. The van der Waals surface area contributed by atoms with Gasteiger partial charge in [0.2, 0.25) is 5.89 Å². The number of anilines is 1. The summed E-state index contributed by atoms with van der Waals surface area (Å²) in [5.74, 6) is 0.867. The summed E-state index contributed by atoms with van der Waals surface area (Å²) >= 11 is 0. The Hall–Kier alpha value is -3.35. The summed E-state index contributed by atoms with van der Waals surface area (Å²) < 4.78 is 16.0. The number of benzene rings is 2. The van der Waals surface area contributed by atoms with Crippen molar-refractivity contribution < 1.29 is 18.7 Å². The number of nitrogens with zero attached hydrogens (tertiary/aromatic N) is 2. The number of aromatic nitrogens is 2. The van der Waals surface area contributed by atoms with Gasteiger partial charge >= 0.3 is 6.01 Å². The average Bonchev–Trinajstić information content (AvgIpc) is 3.11. The largest absolute Gasteiger partial charge is 0.497 e. The zero-order valence-electron chi connectivity index (χ0n) is 15.0. The highest BCUT2D eigenvalue weighted by Gasteiger charge is 2.18. The number of ether oxygens (including phenoxy) is 2. The van der Waals surface area contributed by atoms with E-state index in [1.165, 1.54) is 14.2 Å². The maximum absolute atomic E-state index is 12.6. The van der Waals surface area contributed by atoms with Crippen LogP contribution in [0, 0.1) is 13.8 Å². The van der Waals surface area contributed by atoms with Gasteiger partial charge in [0.05, 0.1) is 19.8 Å². The van der Waals surface area contributed by atoms with Gasteiger partial charge in [-0.3, -0.25) is 10.1 Å². The molecule has 0 unspecified atom stereocenters. The first-order valence-corrected chi connectivity index (χ1v) is 7.96. The molecule has 2 aromatic carbocycles. The van der Waals surface area contributed by atoms with Crippen LogP contribution in [0.15, 0.2) is 40.8 Å². The fourth-order valence-corrected chi connectivity index (χ4v) is 2.50. The molecule has 0 fully saturated rings. The van der Waals surface area contributed by atoms with Crippen LogP contribution >= 0.6 is 0 Å². The predicted octanol–water partition coefficient (Wildman–Crippen LogP) is 3.62. The van der Waals surface area contributed by atoms with Crippen molar-refractivity contribution in [2.24, 2.45) is 0 Å². The third-order valence-electron chi connectivity index (χ3n) is 3.92. The van der Waals surface area contributed by atoms with E-state index in [4.69, 9.17) is 13.9 Å². The number of hydrogen-bond acceptors (Lipinski definition) is 6. The minimum absolute atomic E-state index is 0.00998. The highest BCUT2D eigenvalue weighted by Crippen LogP contribution is 2.27. The molecule has 0 aliphatic rings. The second-order valence-electron chi connectivity index (χ2n) is 5.75. The van der Waals surface area contributed by atoms with Gasteiger partial charge in [-0.2, -0.15) is 0 Å². The first kappa shape index (κ1) is 17.5. The molecular formula is C19H19N3O4. The van der Waals surface area contributed by atoms with Crippen LogP contribution in [0.4, 0.5) is 6.01 Å². The molecule has 3 aromatic rings. The second-order valence-corrected chi connectivity index (χ2v) is 5.75. The van der Waals surface area contributed by atoms with Crippen molar-refractivity contribution in [3.63, 3.8) is 0 Å². The molecule has 7 heteroatoms. The Morgan fingerprint density at radius 1 is 1.04 bits per heavy atom. The highest BCUT2D eigenvalue weighted by atomic mass is 16.5. The smallest absolute Gasteiger partial charge is 0.322 e. The van der Waals surface area contributed by atoms with Gasteiger partial charge in [0.25, 0.3) is 5.91 Å². The fourth-order valence-electron chi connectivity index (χ4n) is 2.50. The Morgan fingerprint density at radius 2 is 1.85 bits per heavy atom. The Bertz CT molecular complexity index is 950. The number of nitrogens with one attached hydrogen (secondary N) is 1. The first-order valence-electron chi connectivity index (χ1n) is 7.96. The van der Waals surface area contributed by atoms with Gasteiger partial charge in [-0.25, -0.2) is 0 Å². The molecule has 0 bridgehead atoms. The summed E-state index contributed by atoms with van der Waals surface area (Å²) in [5.41, 5.74) is 3.22. The standard InChI is InChI=1S/C19H19N3O4/c1-11-5-6-12(2)14(9-11)18-21-22-19(26-18)20-17(23)15-10-13(24-3)7-8-16(15)25-4/h5-10H,1-4H3,(H,20,22,23). The molecule has 1 aromatic heterocycles. The minimum atomic E-state index is -0.433. The third kappa shape index (κ3) is 3.51. The van der Waals surface area contributed by atoms with Crippen LogP contribution < -0.4 is 14.8 Å². The van der Waals surface area contributed by atoms with Crippen molar-refractivity contribution in [2.75, 3.05) is 19.5 Å². The van der Waals surface area contributed by atoms with Crippen LogP contribution in [0.3, 0.4) is 0 Å². The van der Waals surface area contributed by atoms with E-state index in [1.807, 2.05) is 32.0 Å². The van der Waals surface area contributed by atoms with Crippen molar-refractivity contribution in [1.82, 2.24) is 10.2 Å². The molecule has 0 radical (unpaired) electrons. The molecule has 3 rings (SSSR count). The first-order chi connectivity index (χ1) is 12.5.